The molecule has 1 unspecified atom stereocenters. The summed E-state index contributed by atoms with van der Waals surface area (Å²) in [5.41, 5.74) is -0.543. The number of likely N-dealkylation sites (tertiary alicyclic amines) is 1. The lowest BCUT2D eigenvalue weighted by Gasteiger charge is -2.36. The van der Waals surface area contributed by atoms with Gasteiger partial charge >= 0.3 is 6.09 Å². The summed E-state index contributed by atoms with van der Waals surface area (Å²) < 4.78 is 5.24. The number of rotatable bonds is 0. The summed E-state index contributed by atoms with van der Waals surface area (Å²) >= 11 is 0. The number of carbonyl (C=O) groups excluding carboxylic acids is 1. The van der Waals surface area contributed by atoms with Crippen LogP contribution >= 0.6 is 0 Å². The fourth-order valence-corrected chi connectivity index (χ4v) is 1.65. The van der Waals surface area contributed by atoms with E-state index in [1.807, 2.05) is 0 Å². The van der Waals surface area contributed by atoms with Gasteiger partial charge in [-0.3, -0.25) is 4.90 Å². The van der Waals surface area contributed by atoms with E-state index in [2.05, 4.69) is 5.92 Å². The maximum absolute atomic E-state index is 11.8. The Morgan fingerprint density at radius 3 is 2.62 bits per heavy atom. The Bertz CT molecular complexity index is 300. The minimum absolute atomic E-state index is 0.254. The van der Waals surface area contributed by atoms with E-state index < -0.39 is 17.8 Å². The first-order valence-electron chi connectivity index (χ1n) is 5.47. The number of aliphatic hydroxyl groups is 1. The smallest absolute Gasteiger partial charge is 0.411 e. The Labute approximate surface area is 96.6 Å². The number of hydrogen-bond donors (Lipinski definition) is 1. The molecule has 4 heteroatoms. The molecule has 0 radical (unpaired) electrons. The first kappa shape index (κ1) is 12.9. The van der Waals surface area contributed by atoms with Gasteiger partial charge in [0, 0.05) is 0 Å². The molecule has 0 aromatic carbocycles. The molecule has 1 heterocycles. The van der Waals surface area contributed by atoms with Gasteiger partial charge in [0.25, 0.3) is 0 Å². The summed E-state index contributed by atoms with van der Waals surface area (Å²) in [5, 5.41) is 9.52. The maximum Gasteiger partial charge on any atom is 0.411 e. The molecule has 0 aromatic rings. The Hall–Kier alpha value is -1.21. The summed E-state index contributed by atoms with van der Waals surface area (Å²) in [4.78, 5) is 13.3. The normalized spacial score (nSPS) is 26.1. The van der Waals surface area contributed by atoms with Crippen molar-refractivity contribution < 1.29 is 14.6 Å². The van der Waals surface area contributed by atoms with Gasteiger partial charge < -0.3 is 9.84 Å². The minimum Gasteiger partial charge on any atom is -0.444 e. The van der Waals surface area contributed by atoms with E-state index in [1.54, 1.807) is 20.8 Å². The van der Waals surface area contributed by atoms with E-state index in [0.717, 1.165) is 0 Å². The predicted octanol–water partition coefficient (Wildman–Crippen LogP) is 1.38. The number of aliphatic hydroxyl groups excluding tert-OH is 1. The molecule has 0 aromatic heterocycles. The second kappa shape index (κ2) is 4.75. The van der Waals surface area contributed by atoms with E-state index >= 15 is 0 Å². The van der Waals surface area contributed by atoms with Crippen molar-refractivity contribution in [3.05, 3.63) is 0 Å². The molecular formula is C12H19NO3. The first-order valence-corrected chi connectivity index (χ1v) is 5.47. The van der Waals surface area contributed by atoms with Gasteiger partial charge in [0.1, 0.15) is 5.60 Å². The number of terminal acetylenes is 1. The van der Waals surface area contributed by atoms with Gasteiger partial charge in [0.05, 0.1) is 18.7 Å². The van der Waals surface area contributed by atoms with Crippen LogP contribution in [0.3, 0.4) is 0 Å². The van der Waals surface area contributed by atoms with Gasteiger partial charge in [-0.15, -0.1) is 6.42 Å². The van der Waals surface area contributed by atoms with E-state index in [4.69, 9.17) is 11.2 Å². The lowest BCUT2D eigenvalue weighted by Crippen LogP contribution is -2.49. The summed E-state index contributed by atoms with van der Waals surface area (Å²) in [6.45, 7) is 5.66. The largest absolute Gasteiger partial charge is 0.444 e. The Morgan fingerprint density at radius 1 is 1.50 bits per heavy atom. The van der Waals surface area contributed by atoms with Crippen LogP contribution in [0, 0.1) is 12.3 Å². The van der Waals surface area contributed by atoms with Crippen molar-refractivity contribution >= 4 is 6.09 Å². The Balaban J connectivity index is 2.68. The van der Waals surface area contributed by atoms with Crippen molar-refractivity contribution in [2.45, 2.75) is 51.4 Å². The highest BCUT2D eigenvalue weighted by molar-refractivity contribution is 5.69. The van der Waals surface area contributed by atoms with Crippen LogP contribution in [0.4, 0.5) is 4.79 Å². The van der Waals surface area contributed by atoms with E-state index in [-0.39, 0.29) is 12.6 Å². The topological polar surface area (TPSA) is 49.8 Å². The summed E-state index contributed by atoms with van der Waals surface area (Å²) in [5.74, 6) is 2.56. The third-order valence-electron chi connectivity index (χ3n) is 2.38. The third kappa shape index (κ3) is 3.42. The highest BCUT2D eigenvalue weighted by atomic mass is 16.6. The van der Waals surface area contributed by atoms with Gasteiger partial charge in [0.2, 0.25) is 0 Å². The number of amides is 1. The molecule has 1 N–H and O–H groups in total. The molecule has 1 fully saturated rings. The summed E-state index contributed by atoms with van der Waals surface area (Å²) in [6, 6.07) is -0.266. The molecule has 2 atom stereocenters. The van der Waals surface area contributed by atoms with E-state index in [9.17, 15) is 9.90 Å². The lowest BCUT2D eigenvalue weighted by atomic mass is 10.0. The van der Waals surface area contributed by atoms with Crippen LogP contribution < -0.4 is 0 Å². The SMILES string of the molecule is C#CC1CC[C@@H](O)CN1C(=O)OC(C)(C)C. The Kier molecular flexibility index (Phi) is 3.82. The Morgan fingerprint density at radius 2 is 2.12 bits per heavy atom. The minimum atomic E-state index is -0.543. The van der Waals surface area contributed by atoms with Crippen LogP contribution in [0.25, 0.3) is 0 Å². The molecule has 16 heavy (non-hydrogen) atoms. The van der Waals surface area contributed by atoms with Crippen LogP contribution in [0.5, 0.6) is 0 Å². The summed E-state index contributed by atoms with van der Waals surface area (Å²) in [7, 11) is 0. The molecule has 0 saturated carbocycles. The van der Waals surface area contributed by atoms with Crippen LogP contribution in [0.1, 0.15) is 33.6 Å². The van der Waals surface area contributed by atoms with Gasteiger partial charge in [-0.1, -0.05) is 5.92 Å². The third-order valence-corrected chi connectivity index (χ3v) is 2.38. The number of carbonyl (C=O) groups is 1. The average Bonchev–Trinajstić information content (AvgIpc) is 2.15. The fourth-order valence-electron chi connectivity index (χ4n) is 1.65. The zero-order valence-electron chi connectivity index (χ0n) is 10.1. The molecule has 1 aliphatic rings. The number of hydrogen-bond acceptors (Lipinski definition) is 3. The number of nitrogens with zero attached hydrogens (tertiary/aromatic N) is 1. The van der Waals surface area contributed by atoms with Crippen LogP contribution in [0.15, 0.2) is 0 Å². The van der Waals surface area contributed by atoms with E-state index in [1.165, 1.54) is 4.90 Å². The van der Waals surface area contributed by atoms with Crippen molar-refractivity contribution in [1.29, 1.82) is 0 Å². The summed E-state index contributed by atoms with van der Waals surface area (Å²) in [6.07, 6.45) is 5.66. The average molecular weight is 225 g/mol. The number of β-amino-alcohol motifs (C(OH)–C–C–N with tert-alkyl or cyclic N) is 1. The first-order chi connectivity index (χ1) is 7.33. The molecule has 4 nitrogen and oxygen atoms in total. The zero-order chi connectivity index (χ0) is 12.3. The molecular weight excluding hydrogens is 206 g/mol. The standard InChI is InChI=1S/C12H19NO3/c1-5-9-6-7-10(14)8-13(9)11(15)16-12(2,3)4/h1,9-10,14H,6-8H2,2-4H3/t9?,10-/m1/s1. The predicted molar refractivity (Wildman–Crippen MR) is 60.8 cm³/mol. The van der Waals surface area contributed by atoms with Crippen molar-refractivity contribution in [1.82, 2.24) is 4.90 Å². The van der Waals surface area contributed by atoms with Crippen molar-refractivity contribution in [2.24, 2.45) is 0 Å². The number of ether oxygens (including phenoxy) is 1. The molecule has 0 spiro atoms. The molecule has 1 rings (SSSR count). The second-order valence-corrected chi connectivity index (χ2v) is 5.05. The number of piperidine rings is 1. The second-order valence-electron chi connectivity index (χ2n) is 5.05. The van der Waals surface area contributed by atoms with Crippen LogP contribution in [0.2, 0.25) is 0 Å². The van der Waals surface area contributed by atoms with Gasteiger partial charge in [-0.05, 0) is 33.6 Å². The van der Waals surface area contributed by atoms with Gasteiger partial charge in [-0.2, -0.15) is 0 Å². The molecule has 0 bridgehead atoms. The van der Waals surface area contributed by atoms with Crippen molar-refractivity contribution in [3.8, 4) is 12.3 Å². The molecule has 1 saturated heterocycles. The highest BCUT2D eigenvalue weighted by Gasteiger charge is 2.32. The van der Waals surface area contributed by atoms with Crippen LogP contribution in [-0.4, -0.2) is 40.4 Å². The fraction of sp³-hybridized carbons (Fsp3) is 0.750. The quantitative estimate of drug-likeness (QED) is 0.634. The lowest BCUT2D eigenvalue weighted by molar-refractivity contribution is -0.00451. The van der Waals surface area contributed by atoms with Gasteiger partial charge in [0.15, 0.2) is 0 Å². The molecule has 90 valence electrons. The van der Waals surface area contributed by atoms with Crippen molar-refractivity contribution in [2.75, 3.05) is 6.54 Å². The zero-order valence-corrected chi connectivity index (χ0v) is 10.1. The maximum atomic E-state index is 11.8. The monoisotopic (exact) mass is 225 g/mol. The molecule has 0 aliphatic carbocycles. The highest BCUT2D eigenvalue weighted by Crippen LogP contribution is 2.20. The molecule has 1 amide bonds. The van der Waals surface area contributed by atoms with Crippen LogP contribution in [-0.2, 0) is 4.74 Å². The van der Waals surface area contributed by atoms with E-state index in [0.29, 0.717) is 12.8 Å². The van der Waals surface area contributed by atoms with Crippen molar-refractivity contribution in [3.63, 3.8) is 0 Å². The molecule has 1 aliphatic heterocycles. The van der Waals surface area contributed by atoms with Gasteiger partial charge in [-0.25, -0.2) is 4.79 Å².